The van der Waals surface area contributed by atoms with Gasteiger partial charge in [-0.3, -0.25) is 14.9 Å². The van der Waals surface area contributed by atoms with Crippen molar-refractivity contribution in [2.24, 2.45) is 0 Å². The van der Waals surface area contributed by atoms with Crippen LogP contribution in [0.15, 0.2) is 30.5 Å². The van der Waals surface area contributed by atoms with Gasteiger partial charge in [-0.25, -0.2) is 4.98 Å². The molecule has 2 aromatic rings. The Bertz CT molecular complexity index is 849. The standard InChI is InChI=1S/C18H22N6O3/c1-22(2)16-15(12-19-18(21-16)23-9-4-3-5-10-23)20-17(25)13-7-6-8-14(11-13)24(26)27/h6-8,11-12H,3-5,9-10H2,1-2H3,(H,20,25). The molecule has 27 heavy (non-hydrogen) atoms. The summed E-state index contributed by atoms with van der Waals surface area (Å²) in [6.45, 7) is 1.85. The first-order chi connectivity index (χ1) is 13.0. The zero-order valence-corrected chi connectivity index (χ0v) is 15.4. The number of non-ortho nitro benzene ring substituents is 1. The van der Waals surface area contributed by atoms with Gasteiger partial charge in [0.1, 0.15) is 5.69 Å². The number of piperidine rings is 1. The molecular formula is C18H22N6O3. The molecule has 2 heterocycles. The number of carbonyl (C=O) groups is 1. The Hall–Kier alpha value is -3.23. The Morgan fingerprint density at radius 1 is 1.26 bits per heavy atom. The second-order valence-electron chi connectivity index (χ2n) is 6.61. The first-order valence-electron chi connectivity index (χ1n) is 8.81. The predicted octanol–water partition coefficient (Wildman–Crippen LogP) is 2.69. The van der Waals surface area contributed by atoms with Crippen LogP contribution in [0.2, 0.25) is 0 Å². The van der Waals surface area contributed by atoms with Gasteiger partial charge >= 0.3 is 0 Å². The second kappa shape index (κ2) is 7.98. The molecule has 1 aliphatic heterocycles. The average molecular weight is 370 g/mol. The van der Waals surface area contributed by atoms with Crippen molar-refractivity contribution in [3.63, 3.8) is 0 Å². The number of rotatable bonds is 5. The SMILES string of the molecule is CN(C)c1nc(N2CCCCC2)ncc1NC(=O)c1cccc([N+](=O)[O-])c1. The van der Waals surface area contributed by atoms with Gasteiger partial charge in [-0.1, -0.05) is 6.07 Å². The lowest BCUT2D eigenvalue weighted by molar-refractivity contribution is -0.384. The molecule has 1 amide bonds. The van der Waals surface area contributed by atoms with Crippen LogP contribution >= 0.6 is 0 Å². The molecule has 9 nitrogen and oxygen atoms in total. The molecule has 0 saturated carbocycles. The van der Waals surface area contributed by atoms with Gasteiger partial charge in [0.2, 0.25) is 5.95 Å². The summed E-state index contributed by atoms with van der Waals surface area (Å²) in [5.41, 5.74) is 0.526. The number of nitrogens with zero attached hydrogens (tertiary/aromatic N) is 5. The lowest BCUT2D eigenvalue weighted by Gasteiger charge is -2.28. The Morgan fingerprint density at radius 3 is 2.67 bits per heavy atom. The van der Waals surface area contributed by atoms with E-state index in [-0.39, 0.29) is 11.3 Å². The van der Waals surface area contributed by atoms with E-state index >= 15 is 0 Å². The zero-order chi connectivity index (χ0) is 19.4. The lowest BCUT2D eigenvalue weighted by atomic mass is 10.1. The van der Waals surface area contributed by atoms with E-state index in [1.807, 2.05) is 14.1 Å². The second-order valence-corrected chi connectivity index (χ2v) is 6.61. The van der Waals surface area contributed by atoms with E-state index in [4.69, 9.17) is 0 Å². The minimum absolute atomic E-state index is 0.132. The molecule has 1 aromatic carbocycles. The highest BCUT2D eigenvalue weighted by atomic mass is 16.6. The quantitative estimate of drug-likeness (QED) is 0.637. The molecular weight excluding hydrogens is 348 g/mol. The van der Waals surface area contributed by atoms with Crippen LogP contribution in [0.5, 0.6) is 0 Å². The summed E-state index contributed by atoms with van der Waals surface area (Å²) in [6.07, 6.45) is 5.04. The van der Waals surface area contributed by atoms with Crippen LogP contribution in [0.3, 0.4) is 0 Å². The van der Waals surface area contributed by atoms with Crippen molar-refractivity contribution >= 4 is 29.0 Å². The van der Waals surface area contributed by atoms with Gasteiger partial charge in [-0.05, 0) is 25.3 Å². The smallest absolute Gasteiger partial charge is 0.270 e. The van der Waals surface area contributed by atoms with Gasteiger partial charge in [0.05, 0.1) is 11.1 Å². The van der Waals surface area contributed by atoms with Crippen LogP contribution in [0.1, 0.15) is 29.6 Å². The third-order valence-electron chi connectivity index (χ3n) is 4.39. The Kier molecular flexibility index (Phi) is 5.49. The number of hydrogen-bond acceptors (Lipinski definition) is 7. The third kappa shape index (κ3) is 4.30. The first-order valence-corrected chi connectivity index (χ1v) is 8.81. The molecule has 9 heteroatoms. The number of nitro groups is 1. The lowest BCUT2D eigenvalue weighted by Crippen LogP contribution is -2.31. The fourth-order valence-corrected chi connectivity index (χ4v) is 2.99. The van der Waals surface area contributed by atoms with Crippen molar-refractivity contribution in [3.8, 4) is 0 Å². The van der Waals surface area contributed by atoms with E-state index in [1.54, 1.807) is 11.1 Å². The number of nitro benzene ring substituents is 1. The molecule has 0 unspecified atom stereocenters. The van der Waals surface area contributed by atoms with E-state index in [1.165, 1.54) is 30.7 Å². The van der Waals surface area contributed by atoms with Crippen LogP contribution < -0.4 is 15.1 Å². The summed E-state index contributed by atoms with van der Waals surface area (Å²) in [7, 11) is 3.68. The topological polar surface area (TPSA) is 104 Å². The molecule has 1 saturated heterocycles. The fraction of sp³-hybridized carbons (Fsp3) is 0.389. The van der Waals surface area contributed by atoms with Gasteiger partial charge in [-0.2, -0.15) is 4.98 Å². The number of hydrogen-bond donors (Lipinski definition) is 1. The van der Waals surface area contributed by atoms with Crippen molar-refractivity contribution < 1.29 is 9.72 Å². The van der Waals surface area contributed by atoms with Gasteiger partial charge in [0.25, 0.3) is 11.6 Å². The van der Waals surface area contributed by atoms with Gasteiger partial charge in [-0.15, -0.1) is 0 Å². The number of benzene rings is 1. The summed E-state index contributed by atoms with van der Waals surface area (Å²) >= 11 is 0. The molecule has 1 aliphatic rings. The molecule has 0 bridgehead atoms. The van der Waals surface area contributed by atoms with Crippen molar-refractivity contribution in [2.75, 3.05) is 42.3 Å². The minimum Gasteiger partial charge on any atom is -0.361 e. The largest absolute Gasteiger partial charge is 0.361 e. The molecule has 0 spiro atoms. The predicted molar refractivity (Wildman–Crippen MR) is 103 cm³/mol. The summed E-state index contributed by atoms with van der Waals surface area (Å²) in [6, 6.07) is 5.60. The number of anilines is 3. The molecule has 1 aromatic heterocycles. The summed E-state index contributed by atoms with van der Waals surface area (Å²) < 4.78 is 0. The maximum atomic E-state index is 12.5. The van der Waals surface area contributed by atoms with Gasteiger partial charge in [0, 0.05) is 44.9 Å². The van der Waals surface area contributed by atoms with Crippen LogP contribution in [0.4, 0.5) is 23.1 Å². The van der Waals surface area contributed by atoms with E-state index in [0.29, 0.717) is 17.5 Å². The van der Waals surface area contributed by atoms with Crippen molar-refractivity contribution in [3.05, 3.63) is 46.1 Å². The average Bonchev–Trinajstić information content (AvgIpc) is 2.68. The zero-order valence-electron chi connectivity index (χ0n) is 15.4. The highest BCUT2D eigenvalue weighted by Crippen LogP contribution is 2.26. The van der Waals surface area contributed by atoms with E-state index in [2.05, 4.69) is 20.2 Å². The Balaban J connectivity index is 1.84. The van der Waals surface area contributed by atoms with Crippen LogP contribution in [0.25, 0.3) is 0 Å². The molecule has 0 radical (unpaired) electrons. The molecule has 1 fully saturated rings. The van der Waals surface area contributed by atoms with E-state index in [9.17, 15) is 14.9 Å². The normalized spacial score (nSPS) is 13.9. The van der Waals surface area contributed by atoms with Gasteiger partial charge < -0.3 is 15.1 Å². The third-order valence-corrected chi connectivity index (χ3v) is 4.39. The number of amides is 1. The van der Waals surface area contributed by atoms with Crippen molar-refractivity contribution in [1.29, 1.82) is 0 Å². The van der Waals surface area contributed by atoms with E-state index in [0.717, 1.165) is 25.9 Å². The summed E-state index contributed by atoms with van der Waals surface area (Å²) in [4.78, 5) is 35.9. The van der Waals surface area contributed by atoms with Crippen LogP contribution in [-0.2, 0) is 0 Å². The highest BCUT2D eigenvalue weighted by molar-refractivity contribution is 6.05. The maximum absolute atomic E-state index is 12.5. The maximum Gasteiger partial charge on any atom is 0.270 e. The summed E-state index contributed by atoms with van der Waals surface area (Å²) in [5, 5.41) is 13.7. The molecule has 3 rings (SSSR count). The summed E-state index contributed by atoms with van der Waals surface area (Å²) in [5.74, 6) is 0.784. The molecule has 0 atom stereocenters. The molecule has 1 N–H and O–H groups in total. The number of nitrogens with one attached hydrogen (secondary N) is 1. The number of carbonyl (C=O) groups excluding carboxylic acids is 1. The Labute approximate surface area is 157 Å². The van der Waals surface area contributed by atoms with Crippen molar-refractivity contribution in [1.82, 2.24) is 9.97 Å². The van der Waals surface area contributed by atoms with Crippen molar-refractivity contribution in [2.45, 2.75) is 19.3 Å². The van der Waals surface area contributed by atoms with E-state index < -0.39 is 10.8 Å². The highest BCUT2D eigenvalue weighted by Gasteiger charge is 2.19. The minimum atomic E-state index is -0.529. The first kappa shape index (κ1) is 18.6. The van der Waals surface area contributed by atoms with Crippen LogP contribution in [-0.4, -0.2) is 48.0 Å². The fourth-order valence-electron chi connectivity index (χ4n) is 2.99. The number of aromatic nitrogens is 2. The molecule has 142 valence electrons. The Morgan fingerprint density at radius 2 is 2.00 bits per heavy atom. The van der Waals surface area contributed by atoms with Gasteiger partial charge in [0.15, 0.2) is 5.82 Å². The molecule has 0 aliphatic carbocycles. The monoisotopic (exact) mass is 370 g/mol. The van der Waals surface area contributed by atoms with Crippen LogP contribution in [0, 0.1) is 10.1 Å².